The number of aryl methyl sites for hydroxylation is 1. The Morgan fingerprint density at radius 3 is 1.94 bits per heavy atom. The third-order valence-corrected chi connectivity index (χ3v) is 7.33. The fourth-order valence-electron chi connectivity index (χ4n) is 5.87. The highest BCUT2D eigenvalue weighted by atomic mass is 16.3. The number of fused-ring (bicyclic) bond motifs is 10. The lowest BCUT2D eigenvalue weighted by Crippen LogP contribution is -1.97. The van der Waals surface area contributed by atoms with Crippen molar-refractivity contribution in [2.75, 3.05) is 0 Å². The zero-order chi connectivity index (χ0) is 22.4. The van der Waals surface area contributed by atoms with Gasteiger partial charge in [-0.1, -0.05) is 78.9 Å². The molecule has 3 heterocycles. The molecule has 0 radical (unpaired) electrons. The van der Waals surface area contributed by atoms with E-state index in [9.17, 15) is 0 Å². The fraction of sp³-hybridized carbons (Fsp3) is 0.0323. The van der Waals surface area contributed by atoms with Crippen molar-refractivity contribution in [1.29, 1.82) is 0 Å². The Balaban J connectivity index is 1.65. The summed E-state index contributed by atoms with van der Waals surface area (Å²) in [6, 6.07) is 36.7. The number of benzene rings is 5. The van der Waals surface area contributed by atoms with Crippen molar-refractivity contribution >= 4 is 65.6 Å². The van der Waals surface area contributed by atoms with Crippen LogP contribution in [0.4, 0.5) is 0 Å². The number of furan rings is 1. The maximum Gasteiger partial charge on any atom is 0.159 e. The number of aromatic nitrogens is 2. The summed E-state index contributed by atoms with van der Waals surface area (Å²) >= 11 is 0. The maximum atomic E-state index is 6.48. The molecule has 0 saturated carbocycles. The molecule has 3 nitrogen and oxygen atoms in total. The van der Waals surface area contributed by atoms with Gasteiger partial charge in [0.15, 0.2) is 5.58 Å². The predicted molar refractivity (Wildman–Crippen MR) is 142 cm³/mol. The first-order valence-corrected chi connectivity index (χ1v) is 11.6. The van der Waals surface area contributed by atoms with Crippen LogP contribution in [0.25, 0.3) is 71.2 Å². The number of nitrogens with zero attached hydrogens (tertiary/aromatic N) is 2. The molecule has 3 aromatic heterocycles. The Bertz CT molecular complexity index is 2080. The van der Waals surface area contributed by atoms with Crippen LogP contribution in [0, 0.1) is 0 Å². The van der Waals surface area contributed by atoms with Crippen molar-refractivity contribution in [3.05, 3.63) is 103 Å². The van der Waals surface area contributed by atoms with Gasteiger partial charge in [-0.2, -0.15) is 0 Å². The van der Waals surface area contributed by atoms with Gasteiger partial charge < -0.3 is 13.6 Å². The molecule has 0 amide bonds. The molecule has 0 unspecified atom stereocenters. The molecule has 34 heavy (non-hydrogen) atoms. The van der Waals surface area contributed by atoms with Crippen LogP contribution in [-0.2, 0) is 7.05 Å². The number of para-hydroxylation sites is 4. The highest BCUT2D eigenvalue weighted by molar-refractivity contribution is 6.23. The summed E-state index contributed by atoms with van der Waals surface area (Å²) in [5, 5.41) is 7.34. The van der Waals surface area contributed by atoms with Crippen LogP contribution in [0.15, 0.2) is 108 Å². The monoisotopic (exact) mass is 436 g/mol. The number of hydrogen-bond donors (Lipinski definition) is 0. The zero-order valence-corrected chi connectivity index (χ0v) is 18.6. The van der Waals surface area contributed by atoms with Crippen LogP contribution in [0.5, 0.6) is 0 Å². The van der Waals surface area contributed by atoms with E-state index >= 15 is 0 Å². The minimum Gasteiger partial charge on any atom is -0.454 e. The molecular weight excluding hydrogens is 416 g/mol. The molecule has 0 aliphatic rings. The van der Waals surface area contributed by atoms with Crippen LogP contribution in [0.2, 0.25) is 0 Å². The topological polar surface area (TPSA) is 23.0 Å². The van der Waals surface area contributed by atoms with Crippen molar-refractivity contribution in [3.8, 4) is 5.69 Å². The van der Waals surface area contributed by atoms with Gasteiger partial charge in [-0.15, -0.1) is 0 Å². The average Bonchev–Trinajstić information content (AvgIpc) is 3.52. The van der Waals surface area contributed by atoms with Crippen molar-refractivity contribution in [2.45, 2.75) is 0 Å². The van der Waals surface area contributed by atoms with Gasteiger partial charge in [0.2, 0.25) is 0 Å². The largest absolute Gasteiger partial charge is 0.454 e. The third kappa shape index (κ3) is 2.12. The lowest BCUT2D eigenvalue weighted by Gasteiger charge is -2.10. The summed E-state index contributed by atoms with van der Waals surface area (Å²) in [6.45, 7) is 0. The van der Waals surface area contributed by atoms with Crippen LogP contribution >= 0.6 is 0 Å². The molecule has 0 bridgehead atoms. The molecule has 0 aliphatic carbocycles. The first-order valence-electron chi connectivity index (χ1n) is 11.6. The van der Waals surface area contributed by atoms with E-state index in [4.69, 9.17) is 4.42 Å². The third-order valence-electron chi connectivity index (χ3n) is 7.33. The van der Waals surface area contributed by atoms with Crippen molar-refractivity contribution in [3.63, 3.8) is 0 Å². The Labute approximate surface area is 195 Å². The van der Waals surface area contributed by atoms with E-state index in [2.05, 4.69) is 107 Å². The highest BCUT2D eigenvalue weighted by Crippen LogP contribution is 2.42. The summed E-state index contributed by atoms with van der Waals surface area (Å²) in [5.41, 5.74) is 7.78. The second kappa shape index (κ2) is 6.30. The second-order valence-corrected chi connectivity index (χ2v) is 9.04. The van der Waals surface area contributed by atoms with Gasteiger partial charge in [-0.25, -0.2) is 0 Å². The normalized spacial score (nSPS) is 12.3. The average molecular weight is 437 g/mol. The SMILES string of the molecule is Cn1c2ccccc2c2ccc3c4ccccc4n(-c4cccc5c4oc4ccccc45)c3c21. The first-order chi connectivity index (χ1) is 16.8. The van der Waals surface area contributed by atoms with E-state index in [1.165, 1.54) is 43.6 Å². The Hall–Kier alpha value is -4.50. The van der Waals surface area contributed by atoms with Gasteiger partial charge in [0.05, 0.1) is 22.2 Å². The van der Waals surface area contributed by atoms with Gasteiger partial charge in [0.25, 0.3) is 0 Å². The van der Waals surface area contributed by atoms with E-state index in [1.54, 1.807) is 0 Å². The highest BCUT2D eigenvalue weighted by Gasteiger charge is 2.21. The molecule has 8 rings (SSSR count). The van der Waals surface area contributed by atoms with Crippen LogP contribution < -0.4 is 0 Å². The number of hydrogen-bond acceptors (Lipinski definition) is 1. The molecule has 3 heteroatoms. The predicted octanol–water partition coefficient (Wildman–Crippen LogP) is 8.33. The maximum absolute atomic E-state index is 6.48. The second-order valence-electron chi connectivity index (χ2n) is 9.04. The van der Waals surface area contributed by atoms with Gasteiger partial charge in [0.1, 0.15) is 5.58 Å². The molecule has 0 fully saturated rings. The molecule has 160 valence electrons. The number of rotatable bonds is 1. The summed E-state index contributed by atoms with van der Waals surface area (Å²) in [7, 11) is 2.17. The van der Waals surface area contributed by atoms with Crippen LogP contribution in [0.1, 0.15) is 0 Å². The van der Waals surface area contributed by atoms with Crippen LogP contribution in [-0.4, -0.2) is 9.13 Å². The lowest BCUT2D eigenvalue weighted by molar-refractivity contribution is 0.666. The molecule has 0 atom stereocenters. The molecule has 5 aromatic carbocycles. The summed E-state index contributed by atoms with van der Waals surface area (Å²) in [5.74, 6) is 0. The minimum atomic E-state index is 0.917. The molecule has 0 N–H and O–H groups in total. The zero-order valence-electron chi connectivity index (χ0n) is 18.6. The van der Waals surface area contributed by atoms with Crippen molar-refractivity contribution in [1.82, 2.24) is 9.13 Å². The Morgan fingerprint density at radius 1 is 0.500 bits per heavy atom. The lowest BCUT2D eigenvalue weighted by atomic mass is 10.1. The van der Waals surface area contributed by atoms with E-state index in [1.807, 2.05) is 12.1 Å². The first kappa shape index (κ1) is 18.0. The van der Waals surface area contributed by atoms with Crippen molar-refractivity contribution < 1.29 is 4.42 Å². The van der Waals surface area contributed by atoms with Gasteiger partial charge in [0, 0.05) is 44.9 Å². The van der Waals surface area contributed by atoms with E-state index in [-0.39, 0.29) is 0 Å². The summed E-state index contributed by atoms with van der Waals surface area (Å²) in [4.78, 5) is 0. The quantitative estimate of drug-likeness (QED) is 0.254. The minimum absolute atomic E-state index is 0.917. The van der Waals surface area contributed by atoms with Crippen LogP contribution in [0.3, 0.4) is 0 Å². The molecule has 0 saturated heterocycles. The Kier molecular flexibility index (Phi) is 3.33. The van der Waals surface area contributed by atoms with Gasteiger partial charge in [-0.3, -0.25) is 0 Å². The van der Waals surface area contributed by atoms with E-state index in [0.29, 0.717) is 0 Å². The molecule has 0 aliphatic heterocycles. The Morgan fingerprint density at radius 2 is 1.12 bits per heavy atom. The summed E-state index contributed by atoms with van der Waals surface area (Å²) in [6.07, 6.45) is 0. The van der Waals surface area contributed by atoms with E-state index in [0.717, 1.165) is 27.6 Å². The van der Waals surface area contributed by atoms with E-state index < -0.39 is 0 Å². The molecule has 8 aromatic rings. The van der Waals surface area contributed by atoms with Gasteiger partial charge in [-0.05, 0) is 24.3 Å². The smallest absolute Gasteiger partial charge is 0.159 e. The standard InChI is InChI=1S/C31H20N2O/c1-32-25-13-5-2-9-19(25)22-17-18-23-20-10-3-6-14-26(20)33(30(23)29(22)32)27-15-8-12-24-21-11-4-7-16-28(21)34-31(24)27/h2-18H,1H3. The fourth-order valence-corrected chi connectivity index (χ4v) is 5.87. The van der Waals surface area contributed by atoms with Gasteiger partial charge >= 0.3 is 0 Å². The summed E-state index contributed by atoms with van der Waals surface area (Å²) < 4.78 is 11.2. The van der Waals surface area contributed by atoms with Crippen molar-refractivity contribution in [2.24, 2.45) is 7.05 Å². The molecular formula is C31H20N2O. The molecule has 0 spiro atoms.